The molecule has 5 nitrogen and oxygen atoms in total. The number of nitrogens with one attached hydrogen (secondary N) is 1. The summed E-state index contributed by atoms with van der Waals surface area (Å²) in [6, 6.07) is 15.5. The second-order valence-electron chi connectivity index (χ2n) is 6.15. The van der Waals surface area contributed by atoms with Gasteiger partial charge in [-0.15, -0.1) is 0 Å². The summed E-state index contributed by atoms with van der Waals surface area (Å²) in [6.07, 6.45) is 4.07. The zero-order valence-electron chi connectivity index (χ0n) is 14.0. The number of anilines is 2. The average molecular weight is 365 g/mol. The molecule has 0 unspecified atom stereocenters. The number of hydrogen-bond acceptors (Lipinski definition) is 4. The Morgan fingerprint density at radius 1 is 1.00 bits per heavy atom. The van der Waals surface area contributed by atoms with Gasteiger partial charge in [-0.05, 0) is 29.7 Å². The Morgan fingerprint density at radius 2 is 1.69 bits per heavy atom. The summed E-state index contributed by atoms with van der Waals surface area (Å²) in [5.74, 6) is 0.349. The lowest BCUT2D eigenvalue weighted by molar-refractivity contribution is 0.102. The number of carbonyl (C=O) groups excluding carboxylic acids is 1. The van der Waals surface area contributed by atoms with Gasteiger partial charge < -0.3 is 10.2 Å². The van der Waals surface area contributed by atoms with Crippen molar-refractivity contribution in [2.75, 3.05) is 16.8 Å². The van der Waals surface area contributed by atoms with Gasteiger partial charge >= 0.3 is 0 Å². The maximum Gasteiger partial charge on any atom is 0.258 e. The predicted octanol–water partition coefficient (Wildman–Crippen LogP) is 3.95. The third kappa shape index (κ3) is 3.39. The lowest BCUT2D eigenvalue weighted by atomic mass is 10.0. The van der Waals surface area contributed by atoms with E-state index < -0.39 is 0 Å². The Labute approximate surface area is 156 Å². The van der Waals surface area contributed by atoms with E-state index in [0.29, 0.717) is 22.2 Å². The van der Waals surface area contributed by atoms with Crippen LogP contribution in [0.2, 0.25) is 5.02 Å². The van der Waals surface area contributed by atoms with Crippen LogP contribution >= 0.6 is 11.6 Å². The zero-order valence-corrected chi connectivity index (χ0v) is 14.8. The lowest BCUT2D eigenvalue weighted by Crippen LogP contribution is -2.31. The van der Waals surface area contributed by atoms with E-state index in [1.54, 1.807) is 24.5 Å². The van der Waals surface area contributed by atoms with Crippen LogP contribution in [0.15, 0.2) is 60.9 Å². The predicted molar refractivity (Wildman–Crippen MR) is 103 cm³/mol. The van der Waals surface area contributed by atoms with E-state index in [-0.39, 0.29) is 5.91 Å². The van der Waals surface area contributed by atoms with E-state index in [4.69, 9.17) is 11.6 Å². The molecular weight excluding hydrogens is 348 g/mol. The van der Waals surface area contributed by atoms with Crippen LogP contribution < -0.4 is 10.2 Å². The molecule has 0 aliphatic carbocycles. The summed E-state index contributed by atoms with van der Waals surface area (Å²) in [5.41, 5.74) is 3.63. The van der Waals surface area contributed by atoms with E-state index in [2.05, 4.69) is 38.4 Å². The molecule has 0 bridgehead atoms. The molecule has 26 heavy (non-hydrogen) atoms. The molecule has 2 heterocycles. The van der Waals surface area contributed by atoms with Gasteiger partial charge in [0, 0.05) is 25.5 Å². The maximum absolute atomic E-state index is 12.4. The average Bonchev–Trinajstić information content (AvgIpc) is 2.69. The highest BCUT2D eigenvalue weighted by Gasteiger charge is 2.18. The van der Waals surface area contributed by atoms with Gasteiger partial charge in [-0.25, -0.2) is 9.97 Å². The van der Waals surface area contributed by atoms with Crippen LogP contribution in [0.4, 0.5) is 11.6 Å². The summed E-state index contributed by atoms with van der Waals surface area (Å²) in [4.78, 5) is 23.2. The Hall–Kier alpha value is -2.92. The van der Waals surface area contributed by atoms with Crippen LogP contribution in [0.5, 0.6) is 0 Å². The molecule has 4 rings (SSSR count). The molecule has 0 spiro atoms. The number of amides is 1. The Kier molecular flexibility index (Phi) is 4.54. The number of halogens is 1. The largest absolute Gasteiger partial charge is 0.336 e. The monoisotopic (exact) mass is 364 g/mol. The SMILES string of the molecule is O=C(Nc1ccccc1Cl)c1cnc(N2CCc3ccccc3C2)nc1. The first-order chi connectivity index (χ1) is 12.7. The van der Waals surface area contributed by atoms with Crippen molar-refractivity contribution < 1.29 is 4.79 Å². The molecule has 6 heteroatoms. The molecule has 1 N–H and O–H groups in total. The van der Waals surface area contributed by atoms with Crippen molar-refractivity contribution in [3.8, 4) is 0 Å². The summed E-state index contributed by atoms with van der Waals surface area (Å²) in [6.45, 7) is 1.64. The molecule has 1 amide bonds. The van der Waals surface area contributed by atoms with Gasteiger partial charge in [0.15, 0.2) is 0 Å². The third-order valence-corrected chi connectivity index (χ3v) is 4.77. The number of benzene rings is 2. The Balaban J connectivity index is 1.47. The Bertz CT molecular complexity index is 943. The standard InChI is InChI=1S/C20H17ClN4O/c21-17-7-3-4-8-18(17)24-19(26)16-11-22-20(23-12-16)25-10-9-14-5-1-2-6-15(14)13-25/h1-8,11-12H,9-10,13H2,(H,24,26). The molecule has 0 saturated carbocycles. The first-order valence-electron chi connectivity index (χ1n) is 8.40. The van der Waals surface area contributed by atoms with Crippen molar-refractivity contribution in [2.45, 2.75) is 13.0 Å². The normalized spacial score (nSPS) is 13.2. The molecule has 0 fully saturated rings. The van der Waals surface area contributed by atoms with Gasteiger partial charge in [0.25, 0.3) is 5.91 Å². The van der Waals surface area contributed by atoms with Crippen LogP contribution in [-0.2, 0) is 13.0 Å². The van der Waals surface area contributed by atoms with Crippen LogP contribution in [0, 0.1) is 0 Å². The molecular formula is C20H17ClN4O. The van der Waals surface area contributed by atoms with Crippen LogP contribution in [0.25, 0.3) is 0 Å². The van der Waals surface area contributed by atoms with Crippen molar-refractivity contribution in [3.05, 3.63) is 82.6 Å². The fourth-order valence-corrected chi connectivity index (χ4v) is 3.21. The highest BCUT2D eigenvalue weighted by Crippen LogP contribution is 2.23. The van der Waals surface area contributed by atoms with Gasteiger partial charge in [0.05, 0.1) is 16.3 Å². The van der Waals surface area contributed by atoms with Crippen molar-refractivity contribution >= 4 is 29.1 Å². The minimum absolute atomic E-state index is 0.284. The first kappa shape index (κ1) is 16.5. The molecule has 130 valence electrons. The fourth-order valence-electron chi connectivity index (χ4n) is 3.03. The van der Waals surface area contributed by atoms with Crippen molar-refractivity contribution in [1.29, 1.82) is 0 Å². The second kappa shape index (κ2) is 7.14. The quantitative estimate of drug-likeness (QED) is 0.764. The van der Waals surface area contributed by atoms with Crippen molar-refractivity contribution in [3.63, 3.8) is 0 Å². The summed E-state index contributed by atoms with van der Waals surface area (Å²) in [5, 5.41) is 3.27. The summed E-state index contributed by atoms with van der Waals surface area (Å²) >= 11 is 6.07. The molecule has 1 aliphatic heterocycles. The smallest absolute Gasteiger partial charge is 0.258 e. The molecule has 0 atom stereocenters. The summed E-state index contributed by atoms with van der Waals surface area (Å²) in [7, 11) is 0. The van der Waals surface area contributed by atoms with Gasteiger partial charge in [-0.2, -0.15) is 0 Å². The van der Waals surface area contributed by atoms with Crippen molar-refractivity contribution in [2.24, 2.45) is 0 Å². The van der Waals surface area contributed by atoms with E-state index >= 15 is 0 Å². The van der Waals surface area contributed by atoms with Crippen molar-refractivity contribution in [1.82, 2.24) is 9.97 Å². The number of carbonyl (C=O) groups is 1. The van der Waals surface area contributed by atoms with Gasteiger partial charge in [0.1, 0.15) is 0 Å². The van der Waals surface area contributed by atoms with Crippen LogP contribution in [0.1, 0.15) is 21.5 Å². The molecule has 0 radical (unpaired) electrons. The van der Waals surface area contributed by atoms with Gasteiger partial charge in [-0.1, -0.05) is 48.0 Å². The van der Waals surface area contributed by atoms with Gasteiger partial charge in [0.2, 0.25) is 5.95 Å². The molecule has 2 aromatic carbocycles. The van der Waals surface area contributed by atoms with E-state index in [1.807, 2.05) is 18.2 Å². The fraction of sp³-hybridized carbons (Fsp3) is 0.150. The maximum atomic E-state index is 12.4. The molecule has 0 saturated heterocycles. The molecule has 1 aliphatic rings. The Morgan fingerprint density at radius 3 is 2.46 bits per heavy atom. The zero-order chi connectivity index (χ0) is 17.9. The number of aromatic nitrogens is 2. The summed E-state index contributed by atoms with van der Waals surface area (Å²) < 4.78 is 0. The molecule has 1 aromatic heterocycles. The minimum atomic E-state index is -0.284. The molecule has 3 aromatic rings. The third-order valence-electron chi connectivity index (χ3n) is 4.44. The number of fused-ring (bicyclic) bond motifs is 1. The van der Waals surface area contributed by atoms with E-state index in [1.165, 1.54) is 11.1 Å². The number of hydrogen-bond donors (Lipinski definition) is 1. The highest BCUT2D eigenvalue weighted by atomic mass is 35.5. The number of nitrogens with zero attached hydrogens (tertiary/aromatic N) is 3. The highest BCUT2D eigenvalue weighted by molar-refractivity contribution is 6.33. The van der Waals surface area contributed by atoms with E-state index in [9.17, 15) is 4.79 Å². The van der Waals surface area contributed by atoms with Gasteiger partial charge in [-0.3, -0.25) is 4.79 Å². The second-order valence-corrected chi connectivity index (χ2v) is 6.55. The number of para-hydroxylation sites is 1. The lowest BCUT2D eigenvalue weighted by Gasteiger charge is -2.28. The topological polar surface area (TPSA) is 58.1 Å². The minimum Gasteiger partial charge on any atom is -0.336 e. The van der Waals surface area contributed by atoms with E-state index in [0.717, 1.165) is 19.5 Å². The van der Waals surface area contributed by atoms with Crippen LogP contribution in [0.3, 0.4) is 0 Å². The van der Waals surface area contributed by atoms with Crippen LogP contribution in [-0.4, -0.2) is 22.4 Å². The number of rotatable bonds is 3. The first-order valence-corrected chi connectivity index (χ1v) is 8.78.